The fraction of sp³-hybridized carbons (Fsp3) is 0.129. The number of rotatable bonds is 7. The van der Waals surface area contributed by atoms with Crippen molar-refractivity contribution in [2.75, 3.05) is 29.6 Å². The molecule has 40 heavy (non-hydrogen) atoms. The number of methoxy groups -OCH3 is 1. The molecule has 3 heterocycles. The summed E-state index contributed by atoms with van der Waals surface area (Å²) in [6.45, 7) is -0.145. The van der Waals surface area contributed by atoms with Gasteiger partial charge in [-0.2, -0.15) is 16.4 Å². The first kappa shape index (κ1) is 25.9. The number of thiophene rings is 1. The second-order valence-corrected chi connectivity index (χ2v) is 11.1. The van der Waals surface area contributed by atoms with E-state index in [1.165, 1.54) is 0 Å². The van der Waals surface area contributed by atoms with E-state index in [1.807, 2.05) is 90.3 Å². The third kappa shape index (κ3) is 5.13. The van der Waals surface area contributed by atoms with E-state index in [0.29, 0.717) is 17.3 Å². The van der Waals surface area contributed by atoms with Gasteiger partial charge in [0.1, 0.15) is 18.1 Å². The molecule has 1 aliphatic heterocycles. The molecule has 0 fully saturated rings. The van der Waals surface area contributed by atoms with E-state index in [9.17, 15) is 9.59 Å². The largest absolute Gasteiger partial charge is 0.497 e. The molecular formula is C31H26N4O3S2. The van der Waals surface area contributed by atoms with Gasteiger partial charge in [-0.15, -0.1) is 11.8 Å². The molecule has 3 aromatic carbocycles. The summed E-state index contributed by atoms with van der Waals surface area (Å²) in [7, 11) is 1.62. The van der Waals surface area contributed by atoms with Crippen molar-refractivity contribution in [1.29, 1.82) is 0 Å². The Morgan fingerprint density at radius 2 is 1.73 bits per heavy atom. The predicted octanol–water partition coefficient (Wildman–Crippen LogP) is 6.42. The molecule has 9 heteroatoms. The highest BCUT2D eigenvalue weighted by Gasteiger charge is 2.37. The quantitative estimate of drug-likeness (QED) is 0.246. The number of para-hydroxylation sites is 1. The van der Waals surface area contributed by atoms with Crippen molar-refractivity contribution in [3.05, 3.63) is 113 Å². The molecule has 0 aliphatic carbocycles. The Labute approximate surface area is 240 Å². The monoisotopic (exact) mass is 566 g/mol. The number of carbonyl (C=O) groups excluding carboxylic acids is 2. The summed E-state index contributed by atoms with van der Waals surface area (Å²) in [5.74, 6) is 1.10. The van der Waals surface area contributed by atoms with Gasteiger partial charge in [0.05, 0.1) is 29.5 Å². The van der Waals surface area contributed by atoms with Crippen LogP contribution >= 0.6 is 23.1 Å². The van der Waals surface area contributed by atoms with Gasteiger partial charge in [-0.3, -0.25) is 14.5 Å². The van der Waals surface area contributed by atoms with Crippen LogP contribution in [-0.2, 0) is 9.59 Å². The molecule has 0 saturated carbocycles. The minimum absolute atomic E-state index is 0.144. The highest BCUT2D eigenvalue weighted by molar-refractivity contribution is 8.00. The first-order valence-corrected chi connectivity index (χ1v) is 14.7. The molecule has 2 aromatic heterocycles. The molecule has 200 valence electrons. The number of nitrogens with zero attached hydrogens (tertiary/aromatic N) is 3. The normalized spacial score (nSPS) is 14.9. The number of carbonyl (C=O) groups is 2. The summed E-state index contributed by atoms with van der Waals surface area (Å²) in [4.78, 5) is 28.7. The van der Waals surface area contributed by atoms with Crippen molar-refractivity contribution in [2.24, 2.45) is 0 Å². The van der Waals surface area contributed by atoms with E-state index >= 15 is 0 Å². The van der Waals surface area contributed by atoms with Gasteiger partial charge < -0.3 is 10.1 Å². The van der Waals surface area contributed by atoms with Gasteiger partial charge >= 0.3 is 0 Å². The maximum atomic E-state index is 13.8. The number of fused-ring (bicyclic) bond motifs is 1. The van der Waals surface area contributed by atoms with Crippen molar-refractivity contribution in [3.8, 4) is 22.7 Å². The highest BCUT2D eigenvalue weighted by atomic mass is 32.2. The second-order valence-electron chi connectivity index (χ2n) is 9.20. The number of ether oxygens (including phenoxy) is 1. The Balaban J connectivity index is 1.54. The number of amides is 2. The molecule has 6 rings (SSSR count). The molecule has 0 bridgehead atoms. The van der Waals surface area contributed by atoms with Crippen LogP contribution in [0.15, 0.2) is 102 Å². The molecule has 0 spiro atoms. The number of aromatic nitrogens is 2. The lowest BCUT2D eigenvalue weighted by atomic mass is 10.0. The highest BCUT2D eigenvalue weighted by Crippen LogP contribution is 2.48. The van der Waals surface area contributed by atoms with Crippen molar-refractivity contribution in [3.63, 3.8) is 0 Å². The lowest BCUT2D eigenvalue weighted by Gasteiger charge is -2.23. The standard InChI is InChI=1S/C31H26N4O3S2/c1-38-25-14-12-24(13-15-25)35-31-28(29(33-35)21-8-4-2-5-9-21)30(22-16-17-39-19-22)40-20-27(37)34(31)18-26(36)32-23-10-6-3-7-11-23/h2-17,19,30H,18,20H2,1H3,(H,32,36). The van der Waals surface area contributed by atoms with Crippen LogP contribution in [0.4, 0.5) is 11.5 Å². The number of benzene rings is 3. The zero-order chi connectivity index (χ0) is 27.5. The average molecular weight is 567 g/mol. The zero-order valence-electron chi connectivity index (χ0n) is 21.7. The van der Waals surface area contributed by atoms with Gasteiger partial charge in [0.15, 0.2) is 0 Å². The molecule has 7 nitrogen and oxygen atoms in total. The zero-order valence-corrected chi connectivity index (χ0v) is 23.3. The van der Waals surface area contributed by atoms with Crippen LogP contribution in [0.2, 0.25) is 0 Å². The van der Waals surface area contributed by atoms with Crippen LogP contribution in [0.1, 0.15) is 16.4 Å². The summed E-state index contributed by atoms with van der Waals surface area (Å²) < 4.78 is 7.16. The van der Waals surface area contributed by atoms with E-state index in [1.54, 1.807) is 39.8 Å². The van der Waals surface area contributed by atoms with Crippen molar-refractivity contribution < 1.29 is 14.3 Å². The SMILES string of the molecule is COc1ccc(-n2nc(-c3ccccc3)c3c2N(CC(=O)Nc2ccccc2)C(=O)CSC3c2ccsc2)cc1. The summed E-state index contributed by atoms with van der Waals surface area (Å²) in [6.07, 6.45) is 0. The van der Waals surface area contributed by atoms with Crippen LogP contribution in [0, 0.1) is 0 Å². The fourth-order valence-electron chi connectivity index (χ4n) is 4.78. The number of hydrogen-bond donors (Lipinski definition) is 1. The molecule has 0 radical (unpaired) electrons. The molecule has 1 unspecified atom stereocenters. The van der Waals surface area contributed by atoms with Crippen molar-refractivity contribution >= 4 is 46.4 Å². The van der Waals surface area contributed by atoms with Crippen LogP contribution in [-0.4, -0.2) is 41.0 Å². The lowest BCUT2D eigenvalue weighted by molar-refractivity contribution is -0.120. The minimum Gasteiger partial charge on any atom is -0.497 e. The Kier molecular flexibility index (Phi) is 7.39. The van der Waals surface area contributed by atoms with Gasteiger partial charge in [-0.1, -0.05) is 48.5 Å². The Bertz CT molecular complexity index is 1620. The van der Waals surface area contributed by atoms with Crippen molar-refractivity contribution in [1.82, 2.24) is 9.78 Å². The maximum Gasteiger partial charge on any atom is 0.244 e. The number of anilines is 2. The molecule has 1 atom stereocenters. The Morgan fingerprint density at radius 1 is 1.00 bits per heavy atom. The third-order valence-corrected chi connectivity index (χ3v) is 8.61. The van der Waals surface area contributed by atoms with Gasteiger partial charge in [-0.25, -0.2) is 4.68 Å². The van der Waals surface area contributed by atoms with Gasteiger partial charge in [0, 0.05) is 16.8 Å². The average Bonchev–Trinajstić information content (AvgIpc) is 3.64. The van der Waals surface area contributed by atoms with Crippen LogP contribution in [0.5, 0.6) is 5.75 Å². The van der Waals surface area contributed by atoms with Crippen LogP contribution in [0.25, 0.3) is 16.9 Å². The van der Waals surface area contributed by atoms with E-state index in [0.717, 1.165) is 28.1 Å². The van der Waals surface area contributed by atoms with E-state index < -0.39 is 0 Å². The summed E-state index contributed by atoms with van der Waals surface area (Å²) in [5.41, 5.74) is 5.16. The molecule has 2 amide bonds. The number of hydrogen-bond acceptors (Lipinski definition) is 6. The summed E-state index contributed by atoms with van der Waals surface area (Å²) in [5, 5.41) is 12.0. The van der Waals surface area contributed by atoms with Gasteiger partial charge in [0.2, 0.25) is 11.8 Å². The third-order valence-electron chi connectivity index (χ3n) is 6.66. The minimum atomic E-state index is -0.284. The first-order chi connectivity index (χ1) is 19.6. The number of thioether (sulfide) groups is 1. The van der Waals surface area contributed by atoms with Crippen molar-refractivity contribution in [2.45, 2.75) is 5.25 Å². The van der Waals surface area contributed by atoms with E-state index in [4.69, 9.17) is 9.84 Å². The van der Waals surface area contributed by atoms with Crippen LogP contribution in [0.3, 0.4) is 0 Å². The molecule has 5 aromatic rings. The van der Waals surface area contributed by atoms with E-state index in [2.05, 4.69) is 16.8 Å². The van der Waals surface area contributed by atoms with E-state index in [-0.39, 0.29) is 29.4 Å². The molecule has 0 saturated heterocycles. The molecule has 1 aliphatic rings. The Morgan fingerprint density at radius 3 is 2.40 bits per heavy atom. The Hall–Kier alpha value is -4.34. The van der Waals surface area contributed by atoms with Crippen LogP contribution < -0.4 is 15.0 Å². The fourth-order valence-corrected chi connectivity index (χ4v) is 6.74. The summed E-state index contributed by atoms with van der Waals surface area (Å²) >= 11 is 3.18. The topological polar surface area (TPSA) is 76.5 Å². The second kappa shape index (κ2) is 11.4. The summed E-state index contributed by atoms with van der Waals surface area (Å²) in [6, 6.07) is 28.9. The first-order valence-electron chi connectivity index (χ1n) is 12.7. The number of nitrogens with one attached hydrogen (secondary N) is 1. The smallest absolute Gasteiger partial charge is 0.244 e. The molecule has 1 N–H and O–H groups in total. The maximum absolute atomic E-state index is 13.8. The predicted molar refractivity (Wildman–Crippen MR) is 162 cm³/mol. The van der Waals surface area contributed by atoms with Gasteiger partial charge in [-0.05, 0) is 58.8 Å². The van der Waals surface area contributed by atoms with Gasteiger partial charge in [0.25, 0.3) is 0 Å². The molecular weight excluding hydrogens is 541 g/mol. The lowest BCUT2D eigenvalue weighted by Crippen LogP contribution is -2.40.